The number of rotatable bonds is 2. The summed E-state index contributed by atoms with van der Waals surface area (Å²) < 4.78 is 0. The van der Waals surface area contributed by atoms with Crippen molar-refractivity contribution in [2.24, 2.45) is 5.73 Å². The van der Waals surface area contributed by atoms with Gasteiger partial charge in [0.15, 0.2) is 5.82 Å². The van der Waals surface area contributed by atoms with Crippen LogP contribution in [0, 0.1) is 0 Å². The molecule has 2 heterocycles. The second-order valence-corrected chi connectivity index (χ2v) is 3.22. The molecule has 0 bridgehead atoms. The molecule has 1 aliphatic rings. The number of hydrogen-bond acceptors (Lipinski definition) is 5. The summed E-state index contributed by atoms with van der Waals surface area (Å²) in [5.74, 6) is 0.689. The maximum atomic E-state index is 10.9. The number of anilines is 2. The summed E-state index contributed by atoms with van der Waals surface area (Å²) in [4.78, 5) is 12.8. The lowest BCUT2D eigenvalue weighted by atomic mass is 10.0. The van der Waals surface area contributed by atoms with Gasteiger partial charge in [-0.3, -0.25) is 4.79 Å². The van der Waals surface area contributed by atoms with E-state index in [-0.39, 0.29) is 11.9 Å². The first-order valence-electron chi connectivity index (χ1n) is 4.33. The molecule has 0 aromatic carbocycles. The molecule has 1 fully saturated rings. The van der Waals surface area contributed by atoms with E-state index in [1.54, 1.807) is 12.1 Å². The Bertz CT molecular complexity index is 349. The SMILES string of the molecule is NC(=O)C1CCN1c1ccc(N)nn1. The minimum absolute atomic E-state index is 0.243. The van der Waals surface area contributed by atoms with Crippen LogP contribution in [0.15, 0.2) is 12.1 Å². The Hall–Kier alpha value is -1.85. The molecule has 1 atom stereocenters. The highest BCUT2D eigenvalue weighted by molar-refractivity contribution is 5.85. The summed E-state index contributed by atoms with van der Waals surface area (Å²) in [6.07, 6.45) is 0.779. The highest BCUT2D eigenvalue weighted by Gasteiger charge is 2.33. The lowest BCUT2D eigenvalue weighted by Gasteiger charge is -2.39. The molecule has 4 N–H and O–H groups in total. The number of carbonyl (C=O) groups excluding carboxylic acids is 1. The molecule has 14 heavy (non-hydrogen) atoms. The molecule has 6 heteroatoms. The summed E-state index contributed by atoms with van der Waals surface area (Å²) in [7, 11) is 0. The zero-order chi connectivity index (χ0) is 10.1. The van der Waals surface area contributed by atoms with Gasteiger partial charge in [0.25, 0.3) is 0 Å². The number of primary amides is 1. The molecule has 0 radical (unpaired) electrons. The Balaban J connectivity index is 2.16. The summed E-state index contributed by atoms with van der Waals surface area (Å²) in [6.45, 7) is 0.784. The van der Waals surface area contributed by atoms with Gasteiger partial charge < -0.3 is 16.4 Å². The van der Waals surface area contributed by atoms with Crippen LogP contribution in [-0.4, -0.2) is 28.7 Å². The monoisotopic (exact) mass is 193 g/mol. The van der Waals surface area contributed by atoms with Gasteiger partial charge in [0, 0.05) is 6.54 Å². The Morgan fingerprint density at radius 2 is 2.29 bits per heavy atom. The molecular formula is C8H11N5O. The summed E-state index contributed by atoms with van der Waals surface area (Å²) in [5.41, 5.74) is 10.6. The molecule has 0 aliphatic carbocycles. The van der Waals surface area contributed by atoms with E-state index in [9.17, 15) is 4.79 Å². The van der Waals surface area contributed by atoms with E-state index in [1.807, 2.05) is 4.90 Å². The van der Waals surface area contributed by atoms with E-state index in [0.717, 1.165) is 13.0 Å². The van der Waals surface area contributed by atoms with Crippen molar-refractivity contribution in [2.45, 2.75) is 12.5 Å². The number of hydrogen-bond donors (Lipinski definition) is 2. The third kappa shape index (κ3) is 1.34. The number of nitrogens with two attached hydrogens (primary N) is 2. The number of aromatic nitrogens is 2. The van der Waals surface area contributed by atoms with Gasteiger partial charge in [0.05, 0.1) is 0 Å². The Labute approximate surface area is 80.9 Å². The molecule has 1 aromatic heterocycles. The van der Waals surface area contributed by atoms with Crippen molar-refractivity contribution in [1.29, 1.82) is 0 Å². The molecule has 1 saturated heterocycles. The van der Waals surface area contributed by atoms with Crippen LogP contribution >= 0.6 is 0 Å². The lowest BCUT2D eigenvalue weighted by Crippen LogP contribution is -2.55. The first kappa shape index (κ1) is 8.74. The van der Waals surface area contributed by atoms with Gasteiger partial charge in [0.2, 0.25) is 5.91 Å². The molecule has 1 aliphatic heterocycles. The van der Waals surface area contributed by atoms with Crippen molar-refractivity contribution in [3.8, 4) is 0 Å². The van der Waals surface area contributed by atoms with E-state index in [1.165, 1.54) is 0 Å². The summed E-state index contributed by atoms with van der Waals surface area (Å²) in [5, 5.41) is 7.59. The zero-order valence-electron chi connectivity index (χ0n) is 7.55. The standard InChI is InChI=1S/C8H11N5O/c9-6-1-2-7(12-11-6)13-4-3-5(13)8(10)14/h1-2,5H,3-4H2,(H2,9,11)(H2,10,14). The van der Waals surface area contributed by atoms with Crippen molar-refractivity contribution in [3.05, 3.63) is 12.1 Å². The van der Waals surface area contributed by atoms with Crippen LogP contribution < -0.4 is 16.4 Å². The van der Waals surface area contributed by atoms with E-state index < -0.39 is 0 Å². The molecule has 74 valence electrons. The first-order valence-corrected chi connectivity index (χ1v) is 4.33. The van der Waals surface area contributed by atoms with Gasteiger partial charge in [-0.2, -0.15) is 0 Å². The fourth-order valence-electron chi connectivity index (χ4n) is 1.45. The van der Waals surface area contributed by atoms with Gasteiger partial charge in [-0.05, 0) is 18.6 Å². The van der Waals surface area contributed by atoms with E-state index in [0.29, 0.717) is 11.6 Å². The van der Waals surface area contributed by atoms with Crippen LogP contribution in [-0.2, 0) is 4.79 Å². The van der Waals surface area contributed by atoms with Crippen molar-refractivity contribution >= 4 is 17.5 Å². The predicted molar refractivity (Wildman–Crippen MR) is 51.4 cm³/mol. The maximum absolute atomic E-state index is 10.9. The minimum Gasteiger partial charge on any atom is -0.382 e. The zero-order valence-corrected chi connectivity index (χ0v) is 7.55. The molecule has 0 spiro atoms. The maximum Gasteiger partial charge on any atom is 0.240 e. The number of nitrogens with zero attached hydrogens (tertiary/aromatic N) is 3. The minimum atomic E-state index is -0.324. The molecule has 1 unspecified atom stereocenters. The van der Waals surface area contributed by atoms with E-state index in [4.69, 9.17) is 11.5 Å². The topological polar surface area (TPSA) is 98.1 Å². The lowest BCUT2D eigenvalue weighted by molar-refractivity contribution is -0.120. The Morgan fingerprint density at radius 1 is 1.50 bits per heavy atom. The van der Waals surface area contributed by atoms with E-state index >= 15 is 0 Å². The molecule has 1 amide bonds. The average molecular weight is 193 g/mol. The molecule has 0 saturated carbocycles. The normalized spacial score (nSPS) is 20.3. The molecule has 6 nitrogen and oxygen atoms in total. The van der Waals surface area contributed by atoms with Gasteiger partial charge in [-0.1, -0.05) is 0 Å². The number of nitrogen functional groups attached to an aromatic ring is 1. The molecule has 1 aromatic rings. The highest BCUT2D eigenvalue weighted by atomic mass is 16.1. The van der Waals surface area contributed by atoms with Crippen LogP contribution in [0.1, 0.15) is 6.42 Å². The van der Waals surface area contributed by atoms with Gasteiger partial charge >= 0.3 is 0 Å². The average Bonchev–Trinajstić information content (AvgIpc) is 2.05. The van der Waals surface area contributed by atoms with Gasteiger partial charge in [-0.15, -0.1) is 10.2 Å². The molecular weight excluding hydrogens is 182 g/mol. The summed E-state index contributed by atoms with van der Waals surface area (Å²) in [6, 6.07) is 3.14. The number of amides is 1. The predicted octanol–water partition coefficient (Wildman–Crippen LogP) is -0.877. The third-order valence-electron chi connectivity index (χ3n) is 2.31. The van der Waals surface area contributed by atoms with Crippen molar-refractivity contribution < 1.29 is 4.79 Å². The second-order valence-electron chi connectivity index (χ2n) is 3.22. The quantitative estimate of drug-likeness (QED) is 0.635. The van der Waals surface area contributed by atoms with Gasteiger partial charge in [-0.25, -0.2) is 0 Å². The first-order chi connectivity index (χ1) is 6.68. The Morgan fingerprint density at radius 3 is 2.71 bits per heavy atom. The smallest absolute Gasteiger partial charge is 0.240 e. The Kier molecular flexibility index (Phi) is 1.95. The highest BCUT2D eigenvalue weighted by Crippen LogP contribution is 2.23. The van der Waals surface area contributed by atoms with Crippen LogP contribution in [0.3, 0.4) is 0 Å². The van der Waals surface area contributed by atoms with Crippen LogP contribution in [0.5, 0.6) is 0 Å². The van der Waals surface area contributed by atoms with Gasteiger partial charge in [0.1, 0.15) is 11.9 Å². The van der Waals surface area contributed by atoms with Crippen molar-refractivity contribution in [1.82, 2.24) is 10.2 Å². The second kappa shape index (κ2) is 3.13. The third-order valence-corrected chi connectivity index (χ3v) is 2.31. The van der Waals surface area contributed by atoms with E-state index in [2.05, 4.69) is 10.2 Å². The fraction of sp³-hybridized carbons (Fsp3) is 0.375. The van der Waals surface area contributed by atoms with Crippen LogP contribution in [0.4, 0.5) is 11.6 Å². The van der Waals surface area contributed by atoms with Crippen LogP contribution in [0.25, 0.3) is 0 Å². The van der Waals surface area contributed by atoms with Crippen molar-refractivity contribution in [2.75, 3.05) is 17.2 Å². The number of carbonyl (C=O) groups is 1. The van der Waals surface area contributed by atoms with Crippen LogP contribution in [0.2, 0.25) is 0 Å². The fourth-order valence-corrected chi connectivity index (χ4v) is 1.45. The summed E-state index contributed by atoms with van der Waals surface area (Å²) >= 11 is 0. The van der Waals surface area contributed by atoms with Crippen molar-refractivity contribution in [3.63, 3.8) is 0 Å². The largest absolute Gasteiger partial charge is 0.382 e. The molecule has 2 rings (SSSR count).